The number of hydrogen-bond acceptors (Lipinski definition) is 3. The largest absolute Gasteiger partial charge is 0.337 e. The van der Waals surface area contributed by atoms with Crippen LogP contribution in [0.5, 0.6) is 0 Å². The Balaban J connectivity index is 1.66. The average molecular weight is 358 g/mol. The minimum absolute atomic E-state index is 0.0433. The molecule has 1 aromatic heterocycles. The minimum atomic E-state index is -0.364. The summed E-state index contributed by atoms with van der Waals surface area (Å²) in [4.78, 5) is 28.9. The van der Waals surface area contributed by atoms with E-state index in [1.807, 2.05) is 0 Å². The number of benzene rings is 1. The second kappa shape index (κ2) is 8.12. The number of aromatic amines is 1. The van der Waals surface area contributed by atoms with Crippen molar-refractivity contribution in [1.82, 2.24) is 20.0 Å². The van der Waals surface area contributed by atoms with Gasteiger partial charge in [-0.3, -0.25) is 14.7 Å². The van der Waals surface area contributed by atoms with E-state index < -0.39 is 0 Å². The van der Waals surface area contributed by atoms with E-state index in [2.05, 4.69) is 17.1 Å². The van der Waals surface area contributed by atoms with E-state index in [4.69, 9.17) is 0 Å². The van der Waals surface area contributed by atoms with Crippen molar-refractivity contribution in [1.29, 1.82) is 0 Å². The van der Waals surface area contributed by atoms with E-state index in [1.54, 1.807) is 16.0 Å². The van der Waals surface area contributed by atoms with Crippen LogP contribution in [0.25, 0.3) is 0 Å². The van der Waals surface area contributed by atoms with Crippen molar-refractivity contribution in [2.45, 2.75) is 26.2 Å². The van der Waals surface area contributed by atoms with E-state index in [0.29, 0.717) is 43.7 Å². The number of carbonyl (C=O) groups excluding carboxylic acids is 2. The summed E-state index contributed by atoms with van der Waals surface area (Å²) in [6, 6.07) is 5.56. The first-order valence-electron chi connectivity index (χ1n) is 8.96. The van der Waals surface area contributed by atoms with Crippen LogP contribution in [0.2, 0.25) is 0 Å². The lowest BCUT2D eigenvalue weighted by atomic mass is 10.1. The van der Waals surface area contributed by atoms with Gasteiger partial charge in [0.15, 0.2) is 0 Å². The average Bonchev–Trinajstić information content (AvgIpc) is 2.96. The summed E-state index contributed by atoms with van der Waals surface area (Å²) < 4.78 is 13.0. The molecule has 0 atom stereocenters. The van der Waals surface area contributed by atoms with Crippen LogP contribution in [0.4, 0.5) is 4.39 Å². The first-order chi connectivity index (χ1) is 12.6. The van der Waals surface area contributed by atoms with Crippen molar-refractivity contribution >= 4 is 11.8 Å². The lowest BCUT2D eigenvalue weighted by Crippen LogP contribution is -2.37. The number of carbonyl (C=O) groups is 2. The number of halogens is 1. The van der Waals surface area contributed by atoms with Gasteiger partial charge in [-0.1, -0.05) is 13.3 Å². The van der Waals surface area contributed by atoms with Crippen molar-refractivity contribution in [3.05, 3.63) is 53.1 Å². The van der Waals surface area contributed by atoms with Gasteiger partial charge in [-0.15, -0.1) is 0 Å². The number of nitrogens with one attached hydrogen (secondary N) is 1. The molecule has 2 heterocycles. The molecule has 1 fully saturated rings. The molecule has 3 rings (SSSR count). The quantitative estimate of drug-likeness (QED) is 0.913. The van der Waals surface area contributed by atoms with Crippen molar-refractivity contribution in [2.24, 2.45) is 0 Å². The molecular formula is C19H23FN4O2. The Labute approximate surface area is 152 Å². The number of H-pyrrole nitrogens is 1. The number of amides is 2. The van der Waals surface area contributed by atoms with Crippen LogP contribution in [0.1, 0.15) is 46.2 Å². The van der Waals surface area contributed by atoms with Gasteiger partial charge in [-0.25, -0.2) is 4.39 Å². The molecule has 0 spiro atoms. The molecule has 1 aromatic carbocycles. The molecule has 6 nitrogen and oxygen atoms in total. The third-order valence-corrected chi connectivity index (χ3v) is 4.61. The van der Waals surface area contributed by atoms with Crippen LogP contribution in [-0.4, -0.2) is 58.0 Å². The van der Waals surface area contributed by atoms with Gasteiger partial charge in [0.2, 0.25) is 0 Å². The molecule has 7 heteroatoms. The lowest BCUT2D eigenvalue weighted by molar-refractivity contribution is 0.0718. The summed E-state index contributed by atoms with van der Waals surface area (Å²) in [6.07, 6.45) is 4.01. The zero-order chi connectivity index (χ0) is 18.5. The fraction of sp³-hybridized carbons (Fsp3) is 0.421. The van der Waals surface area contributed by atoms with Crippen LogP contribution in [0.3, 0.4) is 0 Å². The highest BCUT2D eigenvalue weighted by Crippen LogP contribution is 2.15. The molecule has 2 aromatic rings. The Kier molecular flexibility index (Phi) is 5.65. The minimum Gasteiger partial charge on any atom is -0.337 e. The highest BCUT2D eigenvalue weighted by Gasteiger charge is 2.25. The molecule has 0 radical (unpaired) electrons. The number of rotatable bonds is 4. The maximum absolute atomic E-state index is 13.0. The number of nitrogens with zero attached hydrogens (tertiary/aromatic N) is 3. The maximum Gasteiger partial charge on any atom is 0.257 e. The van der Waals surface area contributed by atoms with E-state index in [9.17, 15) is 14.0 Å². The summed E-state index contributed by atoms with van der Waals surface area (Å²) in [5.41, 5.74) is 1.94. The van der Waals surface area contributed by atoms with E-state index in [0.717, 1.165) is 18.5 Å². The fourth-order valence-electron chi connectivity index (χ4n) is 3.21. The van der Waals surface area contributed by atoms with Crippen molar-refractivity contribution in [3.8, 4) is 0 Å². The Morgan fingerprint density at radius 3 is 2.38 bits per heavy atom. The summed E-state index contributed by atoms with van der Waals surface area (Å²) in [5, 5.41) is 6.91. The van der Waals surface area contributed by atoms with Gasteiger partial charge in [-0.2, -0.15) is 5.10 Å². The SMILES string of the molecule is CCCc1[nH]ncc1C(=O)N1CCCN(C(=O)c2ccc(F)cc2)CC1. The second-order valence-electron chi connectivity index (χ2n) is 6.46. The molecule has 138 valence electrons. The first-order valence-corrected chi connectivity index (χ1v) is 8.96. The fourth-order valence-corrected chi connectivity index (χ4v) is 3.21. The van der Waals surface area contributed by atoms with Gasteiger partial charge in [0, 0.05) is 37.4 Å². The third-order valence-electron chi connectivity index (χ3n) is 4.61. The van der Waals surface area contributed by atoms with Gasteiger partial charge in [-0.05, 0) is 37.1 Å². The maximum atomic E-state index is 13.0. The van der Waals surface area contributed by atoms with Crippen LogP contribution in [0, 0.1) is 5.82 Å². The highest BCUT2D eigenvalue weighted by atomic mass is 19.1. The number of hydrogen-bond donors (Lipinski definition) is 1. The molecule has 0 aliphatic carbocycles. The first kappa shape index (κ1) is 18.1. The van der Waals surface area contributed by atoms with Crippen LogP contribution in [0.15, 0.2) is 30.5 Å². The van der Waals surface area contributed by atoms with Crippen molar-refractivity contribution < 1.29 is 14.0 Å². The Bertz CT molecular complexity index is 772. The molecule has 26 heavy (non-hydrogen) atoms. The smallest absolute Gasteiger partial charge is 0.257 e. The van der Waals surface area contributed by atoms with Gasteiger partial charge < -0.3 is 9.80 Å². The predicted octanol–water partition coefficient (Wildman–Crippen LogP) is 2.49. The molecule has 1 aliphatic heterocycles. The molecule has 1 aliphatic rings. The van der Waals surface area contributed by atoms with Gasteiger partial charge in [0.05, 0.1) is 11.8 Å². The summed E-state index contributed by atoms with van der Waals surface area (Å²) in [5.74, 6) is -0.537. The lowest BCUT2D eigenvalue weighted by Gasteiger charge is -2.22. The summed E-state index contributed by atoms with van der Waals surface area (Å²) >= 11 is 0. The Morgan fingerprint density at radius 2 is 1.73 bits per heavy atom. The number of aryl methyl sites for hydroxylation is 1. The van der Waals surface area contributed by atoms with E-state index in [1.165, 1.54) is 24.3 Å². The standard InChI is InChI=1S/C19H23FN4O2/c1-2-4-17-16(13-21-22-17)19(26)24-10-3-9-23(11-12-24)18(25)14-5-7-15(20)8-6-14/h5-8,13H,2-4,9-12H2,1H3,(H,21,22). The topological polar surface area (TPSA) is 69.3 Å². The summed E-state index contributed by atoms with van der Waals surface area (Å²) in [6.45, 7) is 4.17. The Morgan fingerprint density at radius 1 is 1.08 bits per heavy atom. The van der Waals surface area contributed by atoms with E-state index in [-0.39, 0.29) is 17.6 Å². The summed E-state index contributed by atoms with van der Waals surface area (Å²) in [7, 11) is 0. The highest BCUT2D eigenvalue weighted by molar-refractivity contribution is 5.96. The third kappa shape index (κ3) is 3.92. The second-order valence-corrected chi connectivity index (χ2v) is 6.46. The van der Waals surface area contributed by atoms with Crippen molar-refractivity contribution in [3.63, 3.8) is 0 Å². The predicted molar refractivity (Wildman–Crippen MR) is 95.4 cm³/mol. The number of aromatic nitrogens is 2. The zero-order valence-electron chi connectivity index (χ0n) is 14.9. The van der Waals surface area contributed by atoms with E-state index >= 15 is 0 Å². The molecule has 0 saturated carbocycles. The molecule has 0 unspecified atom stereocenters. The van der Waals surface area contributed by atoms with Crippen molar-refractivity contribution in [2.75, 3.05) is 26.2 Å². The van der Waals surface area contributed by atoms with Gasteiger partial charge in [0.1, 0.15) is 5.82 Å². The molecular weight excluding hydrogens is 335 g/mol. The van der Waals surface area contributed by atoms with Crippen LogP contribution in [-0.2, 0) is 6.42 Å². The Hall–Kier alpha value is -2.70. The molecule has 1 saturated heterocycles. The normalized spacial score (nSPS) is 15.0. The molecule has 1 N–H and O–H groups in total. The molecule has 0 bridgehead atoms. The zero-order valence-corrected chi connectivity index (χ0v) is 14.9. The molecule has 2 amide bonds. The van der Waals surface area contributed by atoms with Crippen LogP contribution < -0.4 is 0 Å². The monoisotopic (exact) mass is 358 g/mol. The van der Waals surface area contributed by atoms with Gasteiger partial charge >= 0.3 is 0 Å². The van der Waals surface area contributed by atoms with Crippen LogP contribution >= 0.6 is 0 Å². The van der Waals surface area contributed by atoms with Gasteiger partial charge in [0.25, 0.3) is 11.8 Å².